The lowest BCUT2D eigenvalue weighted by Gasteiger charge is -2.37. The van der Waals surface area contributed by atoms with Crippen molar-refractivity contribution in [1.82, 2.24) is 5.32 Å². The lowest BCUT2D eigenvalue weighted by molar-refractivity contribution is -0.0378. The molecule has 0 radical (unpaired) electrons. The maximum absolute atomic E-state index is 6.10. The monoisotopic (exact) mass is 299 g/mol. The van der Waals surface area contributed by atoms with Crippen LogP contribution in [0.1, 0.15) is 92.9 Å². The van der Waals surface area contributed by atoms with Gasteiger partial charge in [-0.3, -0.25) is 0 Å². The largest absolute Gasteiger partial charge is 0.376 e. The Kier molecular flexibility index (Phi) is 12.4. The molecule has 0 saturated carbocycles. The van der Waals surface area contributed by atoms with Gasteiger partial charge in [0, 0.05) is 12.6 Å². The van der Waals surface area contributed by atoms with Gasteiger partial charge in [0.15, 0.2) is 0 Å². The van der Waals surface area contributed by atoms with Crippen LogP contribution in [0, 0.1) is 5.41 Å². The molecule has 2 nitrogen and oxygen atoms in total. The molecular formula is C19H41NO. The van der Waals surface area contributed by atoms with Crippen LogP contribution in [0.2, 0.25) is 0 Å². The molecule has 2 unspecified atom stereocenters. The standard InChI is InChI=1S/C19H41NO/c1-7-10-11-12-13-14-15-17(20-16-8-2)18(21-9-3)19(4,5)6/h17-18,20H,7-16H2,1-6H3. The van der Waals surface area contributed by atoms with E-state index in [9.17, 15) is 0 Å². The van der Waals surface area contributed by atoms with Crippen molar-refractivity contribution in [2.45, 2.75) is 105 Å². The summed E-state index contributed by atoms with van der Waals surface area (Å²) in [6.45, 7) is 15.4. The van der Waals surface area contributed by atoms with Crippen LogP contribution >= 0.6 is 0 Å². The molecule has 2 atom stereocenters. The molecule has 0 aliphatic carbocycles. The molecule has 128 valence electrons. The Balaban J connectivity index is 4.33. The van der Waals surface area contributed by atoms with Crippen molar-refractivity contribution >= 4 is 0 Å². The van der Waals surface area contributed by atoms with E-state index in [1.54, 1.807) is 0 Å². The zero-order chi connectivity index (χ0) is 16.1. The lowest BCUT2D eigenvalue weighted by atomic mass is 9.82. The Bertz CT molecular complexity index is 222. The highest BCUT2D eigenvalue weighted by Crippen LogP contribution is 2.27. The minimum Gasteiger partial charge on any atom is -0.376 e. The summed E-state index contributed by atoms with van der Waals surface area (Å²) in [5.74, 6) is 0. The summed E-state index contributed by atoms with van der Waals surface area (Å²) < 4.78 is 6.10. The van der Waals surface area contributed by atoms with Crippen LogP contribution in [0.15, 0.2) is 0 Å². The Hall–Kier alpha value is -0.0800. The number of hydrogen-bond donors (Lipinski definition) is 1. The fraction of sp³-hybridized carbons (Fsp3) is 1.00. The Morgan fingerprint density at radius 1 is 0.857 bits per heavy atom. The third kappa shape index (κ3) is 10.3. The average Bonchev–Trinajstić information content (AvgIpc) is 2.42. The molecule has 0 bridgehead atoms. The zero-order valence-corrected chi connectivity index (χ0v) is 15.6. The highest BCUT2D eigenvalue weighted by atomic mass is 16.5. The summed E-state index contributed by atoms with van der Waals surface area (Å²) in [4.78, 5) is 0. The maximum Gasteiger partial charge on any atom is 0.0775 e. The number of ether oxygens (including phenoxy) is 1. The summed E-state index contributed by atoms with van der Waals surface area (Å²) in [5, 5.41) is 3.74. The molecule has 0 rings (SSSR count). The number of hydrogen-bond acceptors (Lipinski definition) is 2. The van der Waals surface area contributed by atoms with Gasteiger partial charge in [-0.15, -0.1) is 0 Å². The highest BCUT2D eigenvalue weighted by molar-refractivity contribution is 4.86. The van der Waals surface area contributed by atoms with Crippen LogP contribution in [-0.4, -0.2) is 25.3 Å². The number of nitrogens with one attached hydrogen (secondary N) is 1. The Labute approximate surface area is 134 Å². The molecule has 0 amide bonds. The van der Waals surface area contributed by atoms with E-state index in [1.807, 2.05) is 0 Å². The fourth-order valence-corrected chi connectivity index (χ4v) is 2.98. The van der Waals surface area contributed by atoms with Crippen LogP contribution in [0.3, 0.4) is 0 Å². The molecule has 0 aromatic heterocycles. The molecule has 2 heteroatoms. The molecule has 0 saturated heterocycles. The summed E-state index contributed by atoms with van der Waals surface area (Å²) in [7, 11) is 0. The van der Waals surface area contributed by atoms with Crippen molar-refractivity contribution in [2.75, 3.05) is 13.2 Å². The topological polar surface area (TPSA) is 21.3 Å². The first-order valence-corrected chi connectivity index (χ1v) is 9.32. The molecule has 0 spiro atoms. The maximum atomic E-state index is 6.10. The average molecular weight is 300 g/mol. The summed E-state index contributed by atoms with van der Waals surface area (Å²) in [6, 6.07) is 0.496. The smallest absolute Gasteiger partial charge is 0.0775 e. The normalized spacial score (nSPS) is 15.1. The van der Waals surface area contributed by atoms with Gasteiger partial charge in [-0.2, -0.15) is 0 Å². The summed E-state index contributed by atoms with van der Waals surface area (Å²) in [5.41, 5.74) is 0.198. The highest BCUT2D eigenvalue weighted by Gasteiger charge is 2.32. The van der Waals surface area contributed by atoms with Crippen molar-refractivity contribution in [3.8, 4) is 0 Å². The Morgan fingerprint density at radius 2 is 1.48 bits per heavy atom. The third-order valence-electron chi connectivity index (χ3n) is 4.09. The predicted octanol–water partition coefficient (Wildman–Crippen LogP) is 5.56. The van der Waals surface area contributed by atoms with E-state index in [-0.39, 0.29) is 5.41 Å². The molecular weight excluding hydrogens is 258 g/mol. The molecule has 0 heterocycles. The predicted molar refractivity (Wildman–Crippen MR) is 94.9 cm³/mol. The number of rotatable bonds is 13. The van der Waals surface area contributed by atoms with Crippen LogP contribution in [0.25, 0.3) is 0 Å². The molecule has 0 aromatic carbocycles. The van der Waals surface area contributed by atoms with Gasteiger partial charge in [-0.05, 0) is 31.7 Å². The zero-order valence-electron chi connectivity index (χ0n) is 15.6. The van der Waals surface area contributed by atoms with Gasteiger partial charge in [0.25, 0.3) is 0 Å². The fourth-order valence-electron chi connectivity index (χ4n) is 2.98. The molecule has 21 heavy (non-hydrogen) atoms. The van der Waals surface area contributed by atoms with Crippen molar-refractivity contribution in [2.24, 2.45) is 5.41 Å². The lowest BCUT2D eigenvalue weighted by Crippen LogP contribution is -2.48. The second kappa shape index (κ2) is 12.5. The van der Waals surface area contributed by atoms with E-state index in [2.05, 4.69) is 46.9 Å². The Morgan fingerprint density at radius 3 is 2.00 bits per heavy atom. The van der Waals surface area contributed by atoms with Gasteiger partial charge in [-0.1, -0.05) is 73.1 Å². The van der Waals surface area contributed by atoms with E-state index in [1.165, 1.54) is 51.4 Å². The quantitative estimate of drug-likeness (QED) is 0.450. The minimum absolute atomic E-state index is 0.198. The second-order valence-corrected chi connectivity index (χ2v) is 7.36. The van der Waals surface area contributed by atoms with Gasteiger partial charge < -0.3 is 10.1 Å². The first-order chi connectivity index (χ1) is 9.97. The van der Waals surface area contributed by atoms with Gasteiger partial charge in [-0.25, -0.2) is 0 Å². The summed E-state index contributed by atoms with van der Waals surface area (Å²) in [6.07, 6.45) is 10.9. The van der Waals surface area contributed by atoms with Crippen LogP contribution in [-0.2, 0) is 4.74 Å². The van der Waals surface area contributed by atoms with E-state index in [0.29, 0.717) is 12.1 Å². The van der Waals surface area contributed by atoms with Crippen molar-refractivity contribution in [1.29, 1.82) is 0 Å². The first kappa shape index (κ1) is 20.9. The molecule has 0 aromatic rings. The first-order valence-electron chi connectivity index (χ1n) is 9.32. The van der Waals surface area contributed by atoms with Gasteiger partial charge in [0.2, 0.25) is 0 Å². The second-order valence-electron chi connectivity index (χ2n) is 7.36. The summed E-state index contributed by atoms with van der Waals surface area (Å²) >= 11 is 0. The van der Waals surface area contributed by atoms with E-state index < -0.39 is 0 Å². The van der Waals surface area contributed by atoms with Gasteiger partial charge >= 0.3 is 0 Å². The van der Waals surface area contributed by atoms with Crippen LogP contribution in [0.5, 0.6) is 0 Å². The van der Waals surface area contributed by atoms with Gasteiger partial charge in [0.05, 0.1) is 6.10 Å². The molecule has 0 aliphatic heterocycles. The van der Waals surface area contributed by atoms with Crippen LogP contribution < -0.4 is 5.32 Å². The van der Waals surface area contributed by atoms with Crippen LogP contribution in [0.4, 0.5) is 0 Å². The molecule has 1 N–H and O–H groups in total. The van der Waals surface area contributed by atoms with E-state index in [0.717, 1.165) is 13.2 Å². The molecule has 0 aliphatic rings. The van der Waals surface area contributed by atoms with E-state index >= 15 is 0 Å². The molecule has 0 fully saturated rings. The van der Waals surface area contributed by atoms with Crippen molar-refractivity contribution < 1.29 is 4.74 Å². The number of unbranched alkanes of at least 4 members (excludes halogenated alkanes) is 5. The van der Waals surface area contributed by atoms with Crippen molar-refractivity contribution in [3.05, 3.63) is 0 Å². The minimum atomic E-state index is 0.198. The van der Waals surface area contributed by atoms with Gasteiger partial charge in [0.1, 0.15) is 0 Å². The third-order valence-corrected chi connectivity index (χ3v) is 4.09. The van der Waals surface area contributed by atoms with Crippen molar-refractivity contribution in [3.63, 3.8) is 0 Å². The van der Waals surface area contributed by atoms with E-state index in [4.69, 9.17) is 4.74 Å². The SMILES string of the molecule is CCCCCCCCC(NCCC)C(OCC)C(C)(C)C.